The predicted molar refractivity (Wildman–Crippen MR) is 62.2 cm³/mol. The summed E-state index contributed by atoms with van der Waals surface area (Å²) < 4.78 is 31.0. The van der Waals surface area contributed by atoms with Crippen LogP contribution in [0.3, 0.4) is 0 Å². The molecule has 0 fully saturated rings. The van der Waals surface area contributed by atoms with Crippen LogP contribution in [0.5, 0.6) is 0 Å². The van der Waals surface area contributed by atoms with Crippen molar-refractivity contribution < 1.29 is 18.3 Å². The molecule has 5 heteroatoms. The lowest BCUT2D eigenvalue weighted by Crippen LogP contribution is -2.01. The summed E-state index contributed by atoms with van der Waals surface area (Å²) in [5.41, 5.74) is -0.0880. The van der Waals surface area contributed by atoms with Crippen molar-refractivity contribution in [3.8, 4) is 11.8 Å². The molecule has 17 heavy (non-hydrogen) atoms. The number of ether oxygens (including phenoxy) is 1. The van der Waals surface area contributed by atoms with E-state index in [-0.39, 0.29) is 23.1 Å². The van der Waals surface area contributed by atoms with E-state index < -0.39 is 17.6 Å². The number of carbonyl (C=O) groups is 1. The second kappa shape index (κ2) is 6.36. The van der Waals surface area contributed by atoms with Crippen LogP contribution in [0.15, 0.2) is 16.6 Å². The number of esters is 1. The van der Waals surface area contributed by atoms with Crippen molar-refractivity contribution in [1.29, 1.82) is 0 Å². The Hall–Kier alpha value is -1.41. The Kier molecular flexibility index (Phi) is 5.11. The van der Waals surface area contributed by atoms with Gasteiger partial charge in [-0.1, -0.05) is 11.8 Å². The summed E-state index contributed by atoms with van der Waals surface area (Å²) in [7, 11) is 0. The fraction of sp³-hybridized carbons (Fsp3) is 0.250. The molecule has 0 spiro atoms. The second-order valence-electron chi connectivity index (χ2n) is 3.03. The van der Waals surface area contributed by atoms with Gasteiger partial charge in [-0.2, -0.15) is 0 Å². The van der Waals surface area contributed by atoms with Gasteiger partial charge in [0, 0.05) is 0 Å². The SMILES string of the molecule is CCOC(=O)CC#Cc1cc(F)c(Br)cc1F. The summed E-state index contributed by atoms with van der Waals surface area (Å²) in [6.45, 7) is 1.94. The number of benzene rings is 1. The Morgan fingerprint density at radius 2 is 2.12 bits per heavy atom. The summed E-state index contributed by atoms with van der Waals surface area (Å²) in [6, 6.07) is 1.96. The van der Waals surface area contributed by atoms with Gasteiger partial charge in [0.05, 0.1) is 16.6 Å². The predicted octanol–water partition coefficient (Wildman–Crippen LogP) is 3.03. The number of halogens is 3. The molecule has 0 aliphatic rings. The highest BCUT2D eigenvalue weighted by Crippen LogP contribution is 2.19. The molecule has 0 amide bonds. The minimum atomic E-state index is -0.644. The molecule has 1 rings (SSSR count). The molecule has 0 heterocycles. The highest BCUT2D eigenvalue weighted by Gasteiger charge is 2.06. The van der Waals surface area contributed by atoms with E-state index >= 15 is 0 Å². The lowest BCUT2D eigenvalue weighted by Gasteiger charge is -1.98. The van der Waals surface area contributed by atoms with Crippen LogP contribution in [0.25, 0.3) is 0 Å². The molecule has 0 radical (unpaired) electrons. The Morgan fingerprint density at radius 1 is 1.41 bits per heavy atom. The average molecular weight is 303 g/mol. The molecule has 0 aliphatic heterocycles. The lowest BCUT2D eigenvalue weighted by atomic mass is 10.2. The smallest absolute Gasteiger partial charge is 0.317 e. The fourth-order valence-corrected chi connectivity index (χ4v) is 1.36. The molecule has 1 aromatic carbocycles. The number of carbonyl (C=O) groups excluding carboxylic acids is 1. The van der Waals surface area contributed by atoms with E-state index in [1.165, 1.54) is 0 Å². The van der Waals surface area contributed by atoms with Crippen molar-refractivity contribution in [2.24, 2.45) is 0 Å². The molecular weight excluding hydrogens is 294 g/mol. The molecule has 0 aliphatic carbocycles. The van der Waals surface area contributed by atoms with Gasteiger partial charge in [-0.15, -0.1) is 0 Å². The van der Waals surface area contributed by atoms with Crippen LogP contribution in [0.1, 0.15) is 18.9 Å². The van der Waals surface area contributed by atoms with Gasteiger partial charge in [-0.3, -0.25) is 4.79 Å². The molecule has 0 atom stereocenters. The Balaban J connectivity index is 2.79. The minimum absolute atomic E-state index is 0.0333. The molecule has 0 saturated carbocycles. The van der Waals surface area contributed by atoms with Gasteiger partial charge in [0.25, 0.3) is 0 Å². The number of rotatable bonds is 2. The molecule has 0 bridgehead atoms. The molecular formula is C12H9BrF2O2. The first-order valence-corrected chi connectivity index (χ1v) is 5.63. The summed E-state index contributed by atoms with van der Waals surface area (Å²) in [5.74, 6) is 3.07. The van der Waals surface area contributed by atoms with Crippen molar-refractivity contribution in [3.05, 3.63) is 33.8 Å². The third kappa shape index (κ3) is 4.16. The Bertz CT molecular complexity index is 489. The quantitative estimate of drug-likeness (QED) is 0.477. The first-order valence-electron chi connectivity index (χ1n) is 4.83. The third-order valence-electron chi connectivity index (χ3n) is 1.77. The van der Waals surface area contributed by atoms with E-state index in [1.54, 1.807) is 6.92 Å². The van der Waals surface area contributed by atoms with E-state index in [0.717, 1.165) is 12.1 Å². The standard InChI is InChI=1S/C12H9BrF2O2/c1-2-17-12(16)5-3-4-8-6-11(15)9(13)7-10(8)14/h6-7H,2,5H2,1H3. The molecule has 0 aromatic heterocycles. The summed E-state index contributed by atoms with van der Waals surface area (Å²) in [4.78, 5) is 10.9. The van der Waals surface area contributed by atoms with Crippen molar-refractivity contribution in [2.45, 2.75) is 13.3 Å². The monoisotopic (exact) mass is 302 g/mol. The van der Waals surface area contributed by atoms with Gasteiger partial charge in [0.1, 0.15) is 18.1 Å². The Morgan fingerprint density at radius 3 is 2.76 bits per heavy atom. The summed E-state index contributed by atoms with van der Waals surface area (Å²) in [5, 5.41) is 0. The third-order valence-corrected chi connectivity index (χ3v) is 2.38. The molecule has 0 N–H and O–H groups in total. The normalized spacial score (nSPS) is 9.41. The van der Waals surface area contributed by atoms with Crippen LogP contribution in [0.2, 0.25) is 0 Å². The van der Waals surface area contributed by atoms with Crippen LogP contribution >= 0.6 is 15.9 Å². The van der Waals surface area contributed by atoms with E-state index in [2.05, 4.69) is 32.5 Å². The molecule has 2 nitrogen and oxygen atoms in total. The maximum atomic E-state index is 13.3. The minimum Gasteiger partial charge on any atom is -0.465 e. The zero-order chi connectivity index (χ0) is 12.8. The van der Waals surface area contributed by atoms with Gasteiger partial charge in [-0.25, -0.2) is 8.78 Å². The van der Waals surface area contributed by atoms with Crippen molar-refractivity contribution in [3.63, 3.8) is 0 Å². The van der Waals surface area contributed by atoms with E-state index in [9.17, 15) is 13.6 Å². The molecule has 90 valence electrons. The number of hydrogen-bond donors (Lipinski definition) is 0. The van der Waals surface area contributed by atoms with Crippen LogP contribution in [-0.4, -0.2) is 12.6 Å². The number of hydrogen-bond acceptors (Lipinski definition) is 2. The van der Waals surface area contributed by atoms with Crippen molar-refractivity contribution in [2.75, 3.05) is 6.61 Å². The average Bonchev–Trinajstić information content (AvgIpc) is 2.26. The van der Waals surface area contributed by atoms with Gasteiger partial charge >= 0.3 is 5.97 Å². The van der Waals surface area contributed by atoms with Crippen molar-refractivity contribution in [1.82, 2.24) is 0 Å². The zero-order valence-corrected chi connectivity index (χ0v) is 10.6. The van der Waals surface area contributed by atoms with Gasteiger partial charge in [0.15, 0.2) is 0 Å². The highest BCUT2D eigenvalue weighted by molar-refractivity contribution is 9.10. The maximum Gasteiger partial charge on any atom is 0.317 e. The van der Waals surface area contributed by atoms with Gasteiger partial charge in [0.2, 0.25) is 0 Å². The molecule has 0 saturated heterocycles. The fourth-order valence-electron chi connectivity index (χ4n) is 1.04. The highest BCUT2D eigenvalue weighted by atomic mass is 79.9. The van der Waals surface area contributed by atoms with Gasteiger partial charge < -0.3 is 4.74 Å². The maximum absolute atomic E-state index is 13.3. The van der Waals surface area contributed by atoms with E-state index in [4.69, 9.17) is 0 Å². The first kappa shape index (κ1) is 13.7. The molecule has 1 aromatic rings. The summed E-state index contributed by atoms with van der Waals surface area (Å²) in [6.07, 6.45) is -0.148. The largest absolute Gasteiger partial charge is 0.465 e. The van der Waals surface area contributed by atoms with E-state index in [1.807, 2.05) is 0 Å². The van der Waals surface area contributed by atoms with Crippen LogP contribution in [0.4, 0.5) is 8.78 Å². The topological polar surface area (TPSA) is 26.3 Å². The van der Waals surface area contributed by atoms with Gasteiger partial charge in [-0.05, 0) is 35.0 Å². The lowest BCUT2D eigenvalue weighted by molar-refractivity contribution is -0.141. The summed E-state index contributed by atoms with van der Waals surface area (Å²) >= 11 is 2.85. The Labute approximate surface area is 106 Å². The molecule has 0 unspecified atom stereocenters. The first-order chi connectivity index (χ1) is 8.04. The van der Waals surface area contributed by atoms with Crippen LogP contribution in [-0.2, 0) is 9.53 Å². The zero-order valence-electron chi connectivity index (χ0n) is 9.02. The van der Waals surface area contributed by atoms with E-state index in [0.29, 0.717) is 0 Å². The van der Waals surface area contributed by atoms with Crippen LogP contribution < -0.4 is 0 Å². The van der Waals surface area contributed by atoms with Crippen LogP contribution in [0, 0.1) is 23.5 Å². The van der Waals surface area contributed by atoms with Crippen molar-refractivity contribution >= 4 is 21.9 Å². The second-order valence-corrected chi connectivity index (χ2v) is 3.88.